The molecule has 0 fully saturated rings. The van der Waals surface area contributed by atoms with Gasteiger partial charge in [-0.3, -0.25) is 0 Å². The first kappa shape index (κ1) is 17.7. The Hall–Kier alpha value is -2.67. The highest BCUT2D eigenvalue weighted by atomic mass is 32.2. The van der Waals surface area contributed by atoms with Crippen molar-refractivity contribution in [1.29, 1.82) is 0 Å². The number of sulfone groups is 1. The number of ether oxygens (including phenoxy) is 2. The molecule has 0 N–H and O–H groups in total. The molecule has 0 aliphatic heterocycles. The normalized spacial score (nSPS) is 10.9. The highest BCUT2D eigenvalue weighted by molar-refractivity contribution is 7.90. The maximum Gasteiger partial charge on any atom is 0.338 e. The zero-order chi connectivity index (χ0) is 17.7. The monoisotopic (exact) mass is 348 g/mol. The van der Waals surface area contributed by atoms with Crippen LogP contribution in [0.2, 0.25) is 0 Å². The minimum Gasteiger partial charge on any atom is -0.465 e. The maximum absolute atomic E-state index is 12.0. The molecule has 7 heteroatoms. The zero-order valence-corrected chi connectivity index (χ0v) is 14.0. The molecule has 2 aromatic rings. The fourth-order valence-electron chi connectivity index (χ4n) is 1.93. The van der Waals surface area contributed by atoms with Crippen molar-refractivity contribution < 1.29 is 27.5 Å². The van der Waals surface area contributed by atoms with E-state index < -0.39 is 21.8 Å². The SMILES string of the molecule is COC(=O)c1ccc(COC(=O)c2ccc(S(C)(=O)=O)cc2)cc1. The lowest BCUT2D eigenvalue weighted by Crippen LogP contribution is -2.06. The van der Waals surface area contributed by atoms with E-state index in [0.29, 0.717) is 11.1 Å². The molecule has 24 heavy (non-hydrogen) atoms. The third-order valence-corrected chi connectivity index (χ3v) is 4.39. The van der Waals surface area contributed by atoms with Gasteiger partial charge in [0.2, 0.25) is 0 Å². The van der Waals surface area contributed by atoms with E-state index in [1.807, 2.05) is 0 Å². The van der Waals surface area contributed by atoms with Gasteiger partial charge in [-0.25, -0.2) is 18.0 Å². The van der Waals surface area contributed by atoms with Gasteiger partial charge in [0.15, 0.2) is 9.84 Å². The van der Waals surface area contributed by atoms with Crippen LogP contribution in [0.15, 0.2) is 53.4 Å². The van der Waals surface area contributed by atoms with Crippen LogP contribution in [0.1, 0.15) is 26.3 Å². The van der Waals surface area contributed by atoms with Gasteiger partial charge in [-0.05, 0) is 42.0 Å². The van der Waals surface area contributed by atoms with Gasteiger partial charge >= 0.3 is 11.9 Å². The summed E-state index contributed by atoms with van der Waals surface area (Å²) in [5, 5.41) is 0. The minimum absolute atomic E-state index is 0.0358. The Labute approximate surface area is 139 Å². The molecule has 0 atom stereocenters. The average molecular weight is 348 g/mol. The second-order valence-corrected chi connectivity index (χ2v) is 7.08. The molecule has 0 radical (unpaired) electrons. The van der Waals surface area contributed by atoms with Gasteiger partial charge in [0, 0.05) is 6.26 Å². The molecule has 2 aromatic carbocycles. The highest BCUT2D eigenvalue weighted by Crippen LogP contribution is 2.13. The summed E-state index contributed by atoms with van der Waals surface area (Å²) < 4.78 is 32.5. The Morgan fingerprint density at radius 3 is 1.88 bits per heavy atom. The van der Waals surface area contributed by atoms with Gasteiger partial charge in [0.05, 0.1) is 23.1 Å². The summed E-state index contributed by atoms with van der Waals surface area (Å²) in [7, 11) is -2.01. The molecule has 0 aliphatic carbocycles. The molecule has 0 spiro atoms. The van der Waals surface area contributed by atoms with E-state index in [1.165, 1.54) is 31.4 Å². The lowest BCUT2D eigenvalue weighted by atomic mass is 10.1. The van der Waals surface area contributed by atoms with E-state index in [2.05, 4.69) is 4.74 Å². The number of carbonyl (C=O) groups is 2. The van der Waals surface area contributed by atoms with Crippen molar-refractivity contribution >= 4 is 21.8 Å². The Balaban J connectivity index is 1.99. The van der Waals surface area contributed by atoms with E-state index in [1.54, 1.807) is 24.3 Å². The summed E-state index contributed by atoms with van der Waals surface area (Å²) in [4.78, 5) is 23.4. The van der Waals surface area contributed by atoms with Crippen LogP contribution in [-0.2, 0) is 25.9 Å². The molecule has 126 valence electrons. The average Bonchev–Trinajstić information content (AvgIpc) is 2.58. The fourth-order valence-corrected chi connectivity index (χ4v) is 2.56. The molecule has 0 amide bonds. The van der Waals surface area contributed by atoms with Crippen LogP contribution < -0.4 is 0 Å². The van der Waals surface area contributed by atoms with Gasteiger partial charge in [-0.1, -0.05) is 12.1 Å². The van der Waals surface area contributed by atoms with Crippen molar-refractivity contribution in [3.05, 3.63) is 65.2 Å². The van der Waals surface area contributed by atoms with E-state index in [0.717, 1.165) is 6.26 Å². The quantitative estimate of drug-likeness (QED) is 0.770. The summed E-state index contributed by atoms with van der Waals surface area (Å²) in [6, 6.07) is 12.0. The van der Waals surface area contributed by atoms with Crippen LogP contribution in [0, 0.1) is 0 Å². The first-order valence-corrected chi connectivity index (χ1v) is 8.85. The van der Waals surface area contributed by atoms with E-state index in [9.17, 15) is 18.0 Å². The number of benzene rings is 2. The maximum atomic E-state index is 12.0. The van der Waals surface area contributed by atoms with Crippen molar-refractivity contribution in [1.82, 2.24) is 0 Å². The molecule has 2 rings (SSSR count). The van der Waals surface area contributed by atoms with Gasteiger partial charge in [0.25, 0.3) is 0 Å². The van der Waals surface area contributed by atoms with Crippen LogP contribution in [0.5, 0.6) is 0 Å². The predicted octanol–water partition coefficient (Wildman–Crippen LogP) is 2.23. The minimum atomic E-state index is -3.30. The highest BCUT2D eigenvalue weighted by Gasteiger charge is 2.11. The molecule has 6 nitrogen and oxygen atoms in total. The number of hydrogen-bond acceptors (Lipinski definition) is 6. The second-order valence-electron chi connectivity index (χ2n) is 5.06. The lowest BCUT2D eigenvalue weighted by molar-refractivity contribution is 0.0471. The number of rotatable bonds is 5. The van der Waals surface area contributed by atoms with Crippen molar-refractivity contribution in [2.75, 3.05) is 13.4 Å². The van der Waals surface area contributed by atoms with Crippen molar-refractivity contribution in [2.45, 2.75) is 11.5 Å². The predicted molar refractivity (Wildman–Crippen MR) is 86.5 cm³/mol. The third-order valence-electron chi connectivity index (χ3n) is 3.26. The second kappa shape index (κ2) is 7.27. The smallest absolute Gasteiger partial charge is 0.338 e. The summed E-state index contributed by atoms with van der Waals surface area (Å²) in [6.07, 6.45) is 1.10. The van der Waals surface area contributed by atoms with Crippen LogP contribution >= 0.6 is 0 Å². The first-order valence-electron chi connectivity index (χ1n) is 6.96. The van der Waals surface area contributed by atoms with Crippen molar-refractivity contribution in [2.24, 2.45) is 0 Å². The van der Waals surface area contributed by atoms with Crippen LogP contribution in [0.25, 0.3) is 0 Å². The Kier molecular flexibility index (Phi) is 5.35. The van der Waals surface area contributed by atoms with E-state index in [4.69, 9.17) is 4.74 Å². The number of esters is 2. The first-order chi connectivity index (χ1) is 11.3. The van der Waals surface area contributed by atoms with Gasteiger partial charge in [-0.15, -0.1) is 0 Å². The van der Waals surface area contributed by atoms with Crippen LogP contribution in [0.3, 0.4) is 0 Å². The zero-order valence-electron chi connectivity index (χ0n) is 13.2. The van der Waals surface area contributed by atoms with Crippen molar-refractivity contribution in [3.8, 4) is 0 Å². The molecule has 0 heterocycles. The lowest BCUT2D eigenvalue weighted by Gasteiger charge is -2.06. The standard InChI is InChI=1S/C17H16O6S/c1-22-16(18)13-5-3-12(4-6-13)11-23-17(19)14-7-9-15(10-8-14)24(2,20)21/h3-10H,11H2,1-2H3. The van der Waals surface area contributed by atoms with Gasteiger partial charge < -0.3 is 9.47 Å². The molecule has 0 unspecified atom stereocenters. The summed E-state index contributed by atoms with van der Waals surface area (Å²) in [6.45, 7) is 0.0358. The molecular weight excluding hydrogens is 332 g/mol. The molecule has 0 aromatic heterocycles. The molecule has 0 saturated carbocycles. The third kappa shape index (κ3) is 4.42. The molecule has 0 aliphatic rings. The molecule has 0 bridgehead atoms. The summed E-state index contributed by atoms with van der Waals surface area (Å²) >= 11 is 0. The number of carbonyl (C=O) groups excluding carboxylic acids is 2. The molecule has 0 saturated heterocycles. The number of hydrogen-bond donors (Lipinski definition) is 0. The van der Waals surface area contributed by atoms with Crippen LogP contribution in [-0.4, -0.2) is 33.7 Å². The Morgan fingerprint density at radius 1 is 0.875 bits per heavy atom. The molecular formula is C17H16O6S. The van der Waals surface area contributed by atoms with Gasteiger partial charge in [0.1, 0.15) is 6.61 Å². The Morgan fingerprint density at radius 2 is 1.38 bits per heavy atom. The van der Waals surface area contributed by atoms with Crippen molar-refractivity contribution in [3.63, 3.8) is 0 Å². The van der Waals surface area contributed by atoms with E-state index in [-0.39, 0.29) is 17.1 Å². The summed E-state index contributed by atoms with van der Waals surface area (Å²) in [5.74, 6) is -1.00. The largest absolute Gasteiger partial charge is 0.465 e. The van der Waals surface area contributed by atoms with Crippen LogP contribution in [0.4, 0.5) is 0 Å². The topological polar surface area (TPSA) is 86.7 Å². The number of methoxy groups -OCH3 is 1. The Bertz CT molecular complexity index is 836. The summed E-state index contributed by atoms with van der Waals surface area (Å²) in [5.41, 5.74) is 1.38. The van der Waals surface area contributed by atoms with E-state index >= 15 is 0 Å². The van der Waals surface area contributed by atoms with Gasteiger partial charge in [-0.2, -0.15) is 0 Å². The fraction of sp³-hybridized carbons (Fsp3) is 0.176.